The molecule has 3 atom stereocenters. The largest absolute Gasteiger partial charge is 0.390 e. The molecular weight excluding hydrogens is 260 g/mol. The Morgan fingerprint density at radius 3 is 3.17 bits per heavy atom. The first-order valence-corrected chi connectivity index (χ1v) is 6.34. The van der Waals surface area contributed by atoms with Crippen LogP contribution in [0.4, 0.5) is 0 Å². The van der Waals surface area contributed by atoms with Gasteiger partial charge in [0.05, 0.1) is 18.6 Å². The third-order valence-electron chi connectivity index (χ3n) is 3.03. The molecule has 0 spiro atoms. The number of rotatable bonds is 4. The van der Waals surface area contributed by atoms with Gasteiger partial charge in [0, 0.05) is 30.0 Å². The highest BCUT2D eigenvalue weighted by Crippen LogP contribution is 2.39. The van der Waals surface area contributed by atoms with E-state index < -0.39 is 22.7 Å². The molecule has 1 aliphatic heterocycles. The Kier molecular flexibility index (Phi) is 3.91. The minimum absolute atomic E-state index is 0.00588. The van der Waals surface area contributed by atoms with Crippen LogP contribution in [-0.2, 0) is 15.3 Å². The molecular formula is C10H14N2O5S. The zero-order chi connectivity index (χ0) is 13.2. The highest BCUT2D eigenvalue weighted by molar-refractivity contribution is 7.09. The van der Waals surface area contributed by atoms with E-state index in [1.54, 1.807) is 11.6 Å². The number of ether oxygens (including phenoxy) is 2. The van der Waals surface area contributed by atoms with E-state index in [0.29, 0.717) is 5.01 Å². The van der Waals surface area contributed by atoms with E-state index in [0.717, 1.165) is 0 Å². The van der Waals surface area contributed by atoms with Crippen LogP contribution in [0.15, 0.2) is 11.6 Å². The van der Waals surface area contributed by atoms with E-state index in [9.17, 15) is 15.2 Å². The lowest BCUT2D eigenvalue weighted by atomic mass is 9.91. The van der Waals surface area contributed by atoms with Crippen molar-refractivity contribution >= 4 is 11.3 Å². The Balaban J connectivity index is 2.20. The van der Waals surface area contributed by atoms with Gasteiger partial charge in [0.2, 0.25) is 12.3 Å². The average molecular weight is 274 g/mol. The van der Waals surface area contributed by atoms with Crippen LogP contribution >= 0.6 is 11.3 Å². The molecule has 0 radical (unpaired) electrons. The molecule has 8 heteroatoms. The fourth-order valence-corrected chi connectivity index (χ4v) is 2.84. The van der Waals surface area contributed by atoms with Crippen molar-refractivity contribution in [3.05, 3.63) is 26.7 Å². The Bertz CT molecular complexity index is 412. The van der Waals surface area contributed by atoms with Crippen molar-refractivity contribution in [2.75, 3.05) is 20.3 Å². The molecule has 0 aliphatic carbocycles. The number of aliphatic hydroxyl groups is 1. The summed E-state index contributed by atoms with van der Waals surface area (Å²) in [4.78, 5) is 14.3. The van der Waals surface area contributed by atoms with Gasteiger partial charge in [-0.05, 0) is 0 Å². The lowest BCUT2D eigenvalue weighted by molar-refractivity contribution is -0.495. The number of methoxy groups -OCH3 is 1. The maximum Gasteiger partial charge on any atom is 0.222 e. The average Bonchev–Trinajstić information content (AvgIpc) is 2.86. The van der Waals surface area contributed by atoms with Crippen molar-refractivity contribution in [3.8, 4) is 0 Å². The summed E-state index contributed by atoms with van der Waals surface area (Å²) >= 11 is 1.36. The van der Waals surface area contributed by atoms with Crippen LogP contribution in [0.5, 0.6) is 0 Å². The van der Waals surface area contributed by atoms with E-state index in [4.69, 9.17) is 9.47 Å². The lowest BCUT2D eigenvalue weighted by Crippen LogP contribution is -2.47. The Morgan fingerprint density at radius 1 is 1.83 bits per heavy atom. The summed E-state index contributed by atoms with van der Waals surface area (Å²) < 4.78 is 10.9. The third kappa shape index (κ3) is 2.51. The molecule has 0 unspecified atom stereocenters. The highest BCUT2D eigenvalue weighted by atomic mass is 32.1. The van der Waals surface area contributed by atoms with Crippen LogP contribution in [0.1, 0.15) is 11.4 Å². The van der Waals surface area contributed by atoms with Crippen LogP contribution in [0.25, 0.3) is 0 Å². The van der Waals surface area contributed by atoms with Crippen LogP contribution in [-0.4, -0.2) is 41.4 Å². The molecule has 1 fully saturated rings. The third-order valence-corrected chi connectivity index (χ3v) is 3.93. The smallest absolute Gasteiger partial charge is 0.222 e. The first kappa shape index (κ1) is 13.3. The van der Waals surface area contributed by atoms with Gasteiger partial charge in [0.25, 0.3) is 0 Å². The van der Waals surface area contributed by atoms with Crippen molar-refractivity contribution in [1.82, 2.24) is 4.98 Å². The molecule has 1 aromatic heterocycles. The maximum absolute atomic E-state index is 10.6. The second-order valence-electron chi connectivity index (χ2n) is 4.15. The fraction of sp³-hybridized carbons (Fsp3) is 0.700. The molecule has 1 N–H and O–H groups in total. The Labute approximate surface area is 108 Å². The summed E-state index contributed by atoms with van der Waals surface area (Å²) in [6, 6.07) is 0. The molecule has 1 aliphatic rings. The van der Waals surface area contributed by atoms with Crippen LogP contribution in [0, 0.1) is 16.0 Å². The molecule has 100 valence electrons. The molecule has 0 amide bonds. The molecule has 1 aromatic rings. The molecule has 0 bridgehead atoms. The van der Waals surface area contributed by atoms with Gasteiger partial charge in [-0.3, -0.25) is 10.1 Å². The van der Waals surface area contributed by atoms with Crippen molar-refractivity contribution in [3.63, 3.8) is 0 Å². The molecule has 2 rings (SSSR count). The highest BCUT2D eigenvalue weighted by Gasteiger charge is 2.46. The number of nitrogens with zero attached hydrogens (tertiary/aromatic N) is 2. The summed E-state index contributed by atoms with van der Waals surface area (Å²) in [7, 11) is 1.47. The number of nitro groups is 1. The summed E-state index contributed by atoms with van der Waals surface area (Å²) in [5.74, 6) is -1.58. The normalized spacial score (nSPS) is 32.3. The zero-order valence-corrected chi connectivity index (χ0v) is 10.6. The van der Waals surface area contributed by atoms with Crippen molar-refractivity contribution in [1.29, 1.82) is 0 Å². The first-order chi connectivity index (χ1) is 8.57. The van der Waals surface area contributed by atoms with Gasteiger partial charge < -0.3 is 14.6 Å². The molecule has 0 saturated carbocycles. The first-order valence-electron chi connectivity index (χ1n) is 5.46. The van der Waals surface area contributed by atoms with Gasteiger partial charge in [-0.25, -0.2) is 4.98 Å². The molecule has 18 heavy (non-hydrogen) atoms. The minimum atomic E-state index is -1.08. The monoisotopic (exact) mass is 274 g/mol. The van der Waals surface area contributed by atoms with Gasteiger partial charge in [-0.2, -0.15) is 0 Å². The SMILES string of the molecule is CO[C@]1(c2nccs2)C[C@@H](C[N+](=O)[O-])[C@H](O)CO1. The number of hydrogen-bond acceptors (Lipinski definition) is 7. The lowest BCUT2D eigenvalue weighted by Gasteiger charge is -2.39. The summed E-state index contributed by atoms with van der Waals surface area (Å²) in [6.45, 7) is -0.299. The Hall–Kier alpha value is -1.09. The fourth-order valence-electron chi connectivity index (χ4n) is 2.06. The van der Waals surface area contributed by atoms with E-state index in [2.05, 4.69) is 4.98 Å². The minimum Gasteiger partial charge on any atom is -0.390 e. The number of hydrogen-bond donors (Lipinski definition) is 1. The maximum atomic E-state index is 10.6. The van der Waals surface area contributed by atoms with E-state index in [-0.39, 0.29) is 19.6 Å². The number of aliphatic hydroxyl groups excluding tert-OH is 1. The molecule has 7 nitrogen and oxygen atoms in total. The topological polar surface area (TPSA) is 94.7 Å². The van der Waals surface area contributed by atoms with Gasteiger partial charge in [0.15, 0.2) is 5.01 Å². The van der Waals surface area contributed by atoms with Gasteiger partial charge in [-0.1, -0.05) is 0 Å². The number of thiazole rings is 1. The van der Waals surface area contributed by atoms with Crippen molar-refractivity contribution in [2.45, 2.75) is 18.3 Å². The summed E-state index contributed by atoms with van der Waals surface area (Å²) in [5.41, 5.74) is 0. The predicted molar refractivity (Wildman–Crippen MR) is 62.7 cm³/mol. The van der Waals surface area contributed by atoms with Crippen LogP contribution in [0.2, 0.25) is 0 Å². The molecule has 2 heterocycles. The molecule has 1 saturated heterocycles. The second kappa shape index (κ2) is 5.27. The van der Waals surface area contributed by atoms with Gasteiger partial charge >= 0.3 is 0 Å². The summed E-state index contributed by atoms with van der Waals surface area (Å²) in [6.07, 6.45) is 0.996. The summed E-state index contributed by atoms with van der Waals surface area (Å²) in [5, 5.41) is 22.7. The van der Waals surface area contributed by atoms with Crippen LogP contribution in [0.3, 0.4) is 0 Å². The van der Waals surface area contributed by atoms with Crippen molar-refractivity contribution in [2.24, 2.45) is 5.92 Å². The van der Waals surface area contributed by atoms with Gasteiger partial charge in [-0.15, -0.1) is 11.3 Å². The number of aromatic nitrogens is 1. The second-order valence-corrected chi connectivity index (χ2v) is 5.05. The zero-order valence-electron chi connectivity index (χ0n) is 9.81. The van der Waals surface area contributed by atoms with E-state index in [1.165, 1.54) is 18.4 Å². The standard InChI is InChI=1S/C10H14N2O5S/c1-16-10(9-11-2-3-18-9)4-7(5-12(14)15)8(13)6-17-10/h2-3,7-8,13H,4-6H2,1H3/t7-,8+,10+/m0/s1. The van der Waals surface area contributed by atoms with Crippen molar-refractivity contribution < 1.29 is 19.5 Å². The van der Waals surface area contributed by atoms with Gasteiger partial charge in [0.1, 0.15) is 0 Å². The Morgan fingerprint density at radius 2 is 2.61 bits per heavy atom. The quantitative estimate of drug-likeness (QED) is 0.638. The van der Waals surface area contributed by atoms with Crippen LogP contribution < -0.4 is 0 Å². The predicted octanol–water partition coefficient (Wildman–Crippen LogP) is 0.616. The van der Waals surface area contributed by atoms with E-state index >= 15 is 0 Å². The molecule has 0 aromatic carbocycles. The van der Waals surface area contributed by atoms with E-state index in [1.807, 2.05) is 0 Å².